The maximum absolute atomic E-state index is 13.4. The van der Waals surface area contributed by atoms with Gasteiger partial charge in [-0.05, 0) is 52.6 Å². The summed E-state index contributed by atoms with van der Waals surface area (Å²) in [6.07, 6.45) is 3.53. The number of fused-ring (bicyclic) bond motifs is 1. The summed E-state index contributed by atoms with van der Waals surface area (Å²) in [5.74, 6) is -0.154. The molecular formula is C27H36N8O. The monoisotopic (exact) mass is 488 g/mol. The summed E-state index contributed by atoms with van der Waals surface area (Å²) in [5.41, 5.74) is 6.23. The molecule has 0 spiro atoms. The summed E-state index contributed by atoms with van der Waals surface area (Å²) < 4.78 is 3.68. The first kappa shape index (κ1) is 25.5. The molecule has 3 aromatic heterocycles. The van der Waals surface area contributed by atoms with Crippen molar-refractivity contribution in [1.82, 2.24) is 40.1 Å². The van der Waals surface area contributed by atoms with E-state index in [0.717, 1.165) is 47.5 Å². The van der Waals surface area contributed by atoms with Gasteiger partial charge in [-0.2, -0.15) is 10.2 Å². The highest BCUT2D eigenvalue weighted by Crippen LogP contribution is 2.27. The average Bonchev–Trinajstić information content (AvgIpc) is 3.44. The molecule has 0 aliphatic rings. The Bertz CT molecular complexity index is 1350. The second kappa shape index (κ2) is 11.0. The number of nitrogens with zero attached hydrogens (tertiary/aromatic N) is 6. The minimum Gasteiger partial charge on any atom is -0.348 e. The number of benzene rings is 1. The fourth-order valence-electron chi connectivity index (χ4n) is 4.24. The van der Waals surface area contributed by atoms with Crippen LogP contribution < -0.4 is 10.6 Å². The third-order valence-electron chi connectivity index (χ3n) is 6.50. The van der Waals surface area contributed by atoms with E-state index in [9.17, 15) is 4.79 Å². The van der Waals surface area contributed by atoms with Gasteiger partial charge >= 0.3 is 0 Å². The molecule has 9 heteroatoms. The highest BCUT2D eigenvalue weighted by Gasteiger charge is 2.19. The zero-order valence-electron chi connectivity index (χ0n) is 22.0. The van der Waals surface area contributed by atoms with Crippen molar-refractivity contribution in [3.05, 3.63) is 65.1 Å². The van der Waals surface area contributed by atoms with Crippen LogP contribution in [0.15, 0.2) is 42.7 Å². The summed E-state index contributed by atoms with van der Waals surface area (Å²) in [5, 5.41) is 15.8. The Kier molecular flexibility index (Phi) is 7.81. The second-order valence-corrected chi connectivity index (χ2v) is 9.58. The van der Waals surface area contributed by atoms with Crippen molar-refractivity contribution in [2.24, 2.45) is 7.05 Å². The average molecular weight is 489 g/mol. The number of hydrogen-bond acceptors (Lipinski definition) is 6. The quantitative estimate of drug-likeness (QED) is 0.356. The summed E-state index contributed by atoms with van der Waals surface area (Å²) in [4.78, 5) is 20.6. The zero-order valence-corrected chi connectivity index (χ0v) is 22.0. The predicted molar refractivity (Wildman–Crippen MR) is 143 cm³/mol. The summed E-state index contributed by atoms with van der Waals surface area (Å²) in [7, 11) is 5.97. The van der Waals surface area contributed by atoms with Gasteiger partial charge in [-0.3, -0.25) is 9.48 Å². The minimum absolute atomic E-state index is 0.117. The third kappa shape index (κ3) is 5.47. The lowest BCUT2D eigenvalue weighted by Crippen LogP contribution is -2.26. The van der Waals surface area contributed by atoms with E-state index in [1.165, 1.54) is 5.56 Å². The number of rotatable bonds is 10. The molecule has 4 rings (SSSR count). The number of aromatic nitrogens is 5. The first-order valence-corrected chi connectivity index (χ1v) is 12.3. The topological polar surface area (TPSA) is 92.9 Å². The lowest BCUT2D eigenvalue weighted by Gasteiger charge is -2.17. The minimum atomic E-state index is -0.154. The van der Waals surface area contributed by atoms with Crippen LogP contribution >= 0.6 is 0 Å². The maximum Gasteiger partial charge on any atom is 0.252 e. The van der Waals surface area contributed by atoms with Gasteiger partial charge in [-0.15, -0.1) is 0 Å². The van der Waals surface area contributed by atoms with Gasteiger partial charge in [-0.1, -0.05) is 18.2 Å². The number of pyridine rings is 1. The van der Waals surface area contributed by atoms with E-state index in [0.29, 0.717) is 17.8 Å². The van der Waals surface area contributed by atoms with Gasteiger partial charge in [0.05, 0.1) is 29.0 Å². The van der Waals surface area contributed by atoms with Crippen molar-refractivity contribution >= 4 is 16.9 Å². The van der Waals surface area contributed by atoms with Crippen molar-refractivity contribution in [1.29, 1.82) is 0 Å². The maximum atomic E-state index is 13.4. The van der Waals surface area contributed by atoms with Gasteiger partial charge < -0.3 is 15.5 Å². The standard InChI is InChI=1S/C27H36N8O/c1-18(2)35-26-24(16-31-35)23(27(36)29-14-22-15-30-34(6)19(22)3)13-25(32-26)21-9-7-8-20(12-21)17-33(5)11-10-28-4/h7-9,12-13,15-16,18,28H,10-11,14,17H2,1-6H3,(H,29,36). The largest absolute Gasteiger partial charge is 0.348 e. The highest BCUT2D eigenvalue weighted by atomic mass is 16.1. The number of likely N-dealkylation sites (N-methyl/N-ethyl adjacent to an activating group) is 2. The lowest BCUT2D eigenvalue weighted by atomic mass is 10.0. The Hall–Kier alpha value is -3.56. The Morgan fingerprint density at radius 2 is 1.97 bits per heavy atom. The Balaban J connectivity index is 1.69. The van der Waals surface area contributed by atoms with E-state index >= 15 is 0 Å². The molecule has 0 bridgehead atoms. The van der Waals surface area contributed by atoms with E-state index in [2.05, 4.69) is 58.8 Å². The number of aryl methyl sites for hydroxylation is 1. The van der Waals surface area contributed by atoms with Gasteiger partial charge in [-0.25, -0.2) is 9.67 Å². The molecule has 2 N–H and O–H groups in total. The molecule has 0 saturated heterocycles. The third-order valence-corrected chi connectivity index (χ3v) is 6.50. The van der Waals surface area contributed by atoms with Crippen LogP contribution in [0, 0.1) is 6.92 Å². The van der Waals surface area contributed by atoms with Crippen molar-refractivity contribution in [3.63, 3.8) is 0 Å². The Morgan fingerprint density at radius 3 is 2.67 bits per heavy atom. The number of hydrogen-bond donors (Lipinski definition) is 2. The van der Waals surface area contributed by atoms with Crippen molar-refractivity contribution < 1.29 is 4.79 Å². The summed E-state index contributed by atoms with van der Waals surface area (Å²) in [6.45, 7) is 9.25. The first-order valence-electron chi connectivity index (χ1n) is 12.3. The molecule has 0 radical (unpaired) electrons. The Labute approximate surface area is 212 Å². The second-order valence-electron chi connectivity index (χ2n) is 9.58. The summed E-state index contributed by atoms with van der Waals surface area (Å²) >= 11 is 0. The highest BCUT2D eigenvalue weighted by molar-refractivity contribution is 6.06. The van der Waals surface area contributed by atoms with Gasteiger partial charge in [0.25, 0.3) is 5.91 Å². The van der Waals surface area contributed by atoms with Crippen LogP contribution in [0.5, 0.6) is 0 Å². The molecule has 36 heavy (non-hydrogen) atoms. The SMILES string of the molecule is CNCCN(C)Cc1cccc(-c2cc(C(=O)NCc3cnn(C)c3C)c3cnn(C(C)C)c3n2)c1. The molecule has 3 heterocycles. The Morgan fingerprint density at radius 1 is 1.17 bits per heavy atom. The van der Waals surface area contributed by atoms with E-state index < -0.39 is 0 Å². The fourth-order valence-corrected chi connectivity index (χ4v) is 4.24. The smallest absolute Gasteiger partial charge is 0.252 e. The van der Waals surface area contributed by atoms with Crippen LogP contribution in [0.3, 0.4) is 0 Å². The number of amides is 1. The van der Waals surface area contributed by atoms with E-state index in [-0.39, 0.29) is 11.9 Å². The first-order chi connectivity index (χ1) is 17.3. The van der Waals surface area contributed by atoms with Gasteiger partial charge in [0, 0.05) is 56.1 Å². The van der Waals surface area contributed by atoms with Crippen LogP contribution in [-0.4, -0.2) is 62.5 Å². The molecule has 0 unspecified atom stereocenters. The van der Waals surface area contributed by atoms with Gasteiger partial charge in [0.1, 0.15) is 0 Å². The van der Waals surface area contributed by atoms with Crippen molar-refractivity contribution in [3.8, 4) is 11.3 Å². The van der Waals surface area contributed by atoms with Gasteiger partial charge in [0.2, 0.25) is 0 Å². The molecule has 9 nitrogen and oxygen atoms in total. The molecule has 1 aromatic carbocycles. The molecule has 0 fully saturated rings. The summed E-state index contributed by atoms with van der Waals surface area (Å²) in [6, 6.07) is 10.4. The van der Waals surface area contributed by atoms with Crippen LogP contribution in [-0.2, 0) is 20.1 Å². The fraction of sp³-hybridized carbons (Fsp3) is 0.407. The van der Waals surface area contributed by atoms with Gasteiger partial charge in [0.15, 0.2) is 5.65 Å². The molecule has 0 aliphatic heterocycles. The molecule has 190 valence electrons. The van der Waals surface area contributed by atoms with Crippen LogP contribution in [0.4, 0.5) is 0 Å². The number of nitrogens with one attached hydrogen (secondary N) is 2. The number of carbonyl (C=O) groups is 1. The molecule has 0 atom stereocenters. The molecule has 4 aromatic rings. The molecule has 1 amide bonds. The number of carbonyl (C=O) groups excluding carboxylic acids is 1. The zero-order chi connectivity index (χ0) is 25.8. The normalized spacial score (nSPS) is 11.7. The van der Waals surface area contributed by atoms with Crippen LogP contribution in [0.1, 0.15) is 47.1 Å². The molecule has 0 saturated carbocycles. The van der Waals surface area contributed by atoms with Crippen molar-refractivity contribution in [2.75, 3.05) is 27.2 Å². The molecular weight excluding hydrogens is 452 g/mol. The van der Waals surface area contributed by atoms with E-state index in [1.54, 1.807) is 17.1 Å². The van der Waals surface area contributed by atoms with E-state index in [4.69, 9.17) is 4.98 Å². The predicted octanol–water partition coefficient (Wildman–Crippen LogP) is 3.30. The van der Waals surface area contributed by atoms with Crippen molar-refractivity contribution in [2.45, 2.75) is 39.9 Å². The molecule has 0 aliphatic carbocycles. The van der Waals surface area contributed by atoms with Crippen LogP contribution in [0.2, 0.25) is 0 Å². The van der Waals surface area contributed by atoms with E-state index in [1.807, 2.05) is 43.9 Å². The van der Waals surface area contributed by atoms with Crippen LogP contribution in [0.25, 0.3) is 22.3 Å². The lowest BCUT2D eigenvalue weighted by molar-refractivity contribution is 0.0952.